The van der Waals surface area contributed by atoms with Crippen LogP contribution in [-0.4, -0.2) is 6.71 Å². The van der Waals surface area contributed by atoms with Crippen LogP contribution in [0, 0.1) is 0 Å². The lowest BCUT2D eigenvalue weighted by atomic mass is 9.33. The van der Waals surface area contributed by atoms with Crippen molar-refractivity contribution < 1.29 is 9.47 Å². The number of anilines is 9. The number of nitrogens with zero attached hydrogens (tertiary/aromatic N) is 3. The normalized spacial score (nSPS) is 12.0. The molecule has 11 aromatic carbocycles. The molecule has 13 rings (SSSR count). The van der Waals surface area contributed by atoms with Crippen LogP contribution in [0.4, 0.5) is 51.2 Å². The van der Waals surface area contributed by atoms with Crippen molar-refractivity contribution in [3.63, 3.8) is 0 Å². The molecule has 2 aliphatic rings. The lowest BCUT2D eigenvalue weighted by molar-refractivity contribution is 0.465. The predicted molar refractivity (Wildman–Crippen MR) is 283 cm³/mol. The second-order valence-electron chi connectivity index (χ2n) is 17.2. The summed E-state index contributed by atoms with van der Waals surface area (Å²) >= 11 is 0. The molecule has 0 spiro atoms. The fourth-order valence-corrected chi connectivity index (χ4v) is 10.4. The van der Waals surface area contributed by atoms with Gasteiger partial charge in [-0.25, -0.2) is 0 Å². The molecule has 0 N–H and O–H groups in total. The number of fused-ring (bicyclic) bond motifs is 8. The van der Waals surface area contributed by atoms with Crippen molar-refractivity contribution in [3.8, 4) is 23.0 Å². The minimum absolute atomic E-state index is 0.181. The van der Waals surface area contributed by atoms with Crippen LogP contribution in [0.3, 0.4) is 0 Å². The molecule has 0 fully saturated rings. The first-order valence-electron chi connectivity index (χ1n) is 23.1. The quantitative estimate of drug-likeness (QED) is 0.135. The molecular formula is C62H42BN3O2. The zero-order chi connectivity index (χ0) is 45.0. The monoisotopic (exact) mass is 871 g/mol. The van der Waals surface area contributed by atoms with Gasteiger partial charge >= 0.3 is 0 Å². The van der Waals surface area contributed by atoms with Crippen molar-refractivity contribution in [3.05, 3.63) is 255 Å². The van der Waals surface area contributed by atoms with E-state index in [1.54, 1.807) is 0 Å². The number of benzene rings is 11. The smallest absolute Gasteiger partial charge is 0.262 e. The van der Waals surface area contributed by atoms with Gasteiger partial charge in [0.05, 0.1) is 11.4 Å². The molecule has 0 amide bonds. The molecule has 6 heteroatoms. The summed E-state index contributed by atoms with van der Waals surface area (Å²) in [5.41, 5.74) is 12.8. The summed E-state index contributed by atoms with van der Waals surface area (Å²) in [6, 6.07) is 90.1. The van der Waals surface area contributed by atoms with Crippen molar-refractivity contribution in [2.75, 3.05) is 14.7 Å². The molecule has 0 radical (unpaired) electrons. The SMILES string of the molecule is c1ccc(N(c2ccccc2)c2ccc(N(c3ccccc3)c3cc4c(c5ccccc35)B3c5c(cccc5O4)Oc4cc(N(c5ccccc5)c5ccccc5)c5ccccc5c43)cc2)cc1. The van der Waals surface area contributed by atoms with Gasteiger partial charge in [-0.15, -0.1) is 0 Å². The Morgan fingerprint density at radius 3 is 0.897 bits per heavy atom. The number of hydrogen-bond acceptors (Lipinski definition) is 5. The molecule has 0 unspecified atom stereocenters. The van der Waals surface area contributed by atoms with Gasteiger partial charge in [0.25, 0.3) is 6.71 Å². The first-order chi connectivity index (χ1) is 33.8. The molecule has 2 aliphatic heterocycles. The third kappa shape index (κ3) is 6.57. The number of rotatable bonds is 9. The summed E-state index contributed by atoms with van der Waals surface area (Å²) in [5.74, 6) is 3.25. The van der Waals surface area contributed by atoms with Crippen LogP contribution in [0.25, 0.3) is 21.5 Å². The zero-order valence-corrected chi connectivity index (χ0v) is 37.0. The van der Waals surface area contributed by atoms with Crippen molar-refractivity contribution in [1.82, 2.24) is 0 Å². The van der Waals surface area contributed by atoms with E-state index in [1.807, 2.05) is 6.07 Å². The van der Waals surface area contributed by atoms with Crippen LogP contribution in [-0.2, 0) is 0 Å². The van der Waals surface area contributed by atoms with E-state index in [0.717, 1.165) is 112 Å². The average Bonchev–Trinajstić information content (AvgIpc) is 3.41. The standard InChI is InChI=1S/C62H42BN3O2/c1-6-21-43(22-7-1)64(44-23-8-2-9-24-44)48-37-39-49(40-38-48)66(47-29-14-5-15-30-47)55-42-59-61(53-34-19-17-32-51(53)55)63-60-52-33-18-16-31-50(52)54(41-58(60)67-56-35-20-36-57(68-59)62(56)63)65(45-25-10-3-11-26-45)46-27-12-4-13-28-46/h1-42H. The Kier molecular flexibility index (Phi) is 9.53. The summed E-state index contributed by atoms with van der Waals surface area (Å²) in [6.07, 6.45) is 0. The second kappa shape index (κ2) is 16.5. The first kappa shape index (κ1) is 39.4. The Hall–Kier alpha value is -9.00. The van der Waals surface area contributed by atoms with E-state index < -0.39 is 0 Å². The molecule has 0 bridgehead atoms. The van der Waals surface area contributed by atoms with Gasteiger partial charge in [-0.2, -0.15) is 0 Å². The van der Waals surface area contributed by atoms with Gasteiger partial charge in [0.1, 0.15) is 23.0 Å². The Morgan fingerprint density at radius 2 is 0.529 bits per heavy atom. The third-order valence-corrected chi connectivity index (χ3v) is 13.3. The minimum Gasteiger partial charge on any atom is -0.458 e. The molecule has 5 nitrogen and oxygen atoms in total. The van der Waals surface area contributed by atoms with E-state index in [9.17, 15) is 0 Å². The van der Waals surface area contributed by atoms with Crippen molar-refractivity contribution >= 4 is 95.8 Å². The van der Waals surface area contributed by atoms with Crippen molar-refractivity contribution in [1.29, 1.82) is 0 Å². The molecule has 320 valence electrons. The average molecular weight is 872 g/mol. The molecule has 0 saturated heterocycles. The predicted octanol–water partition coefficient (Wildman–Crippen LogP) is 15.1. The van der Waals surface area contributed by atoms with Crippen LogP contribution in [0.2, 0.25) is 0 Å². The van der Waals surface area contributed by atoms with Gasteiger partial charge in [0.15, 0.2) is 0 Å². The van der Waals surface area contributed by atoms with E-state index in [-0.39, 0.29) is 6.71 Å². The van der Waals surface area contributed by atoms with Gasteiger partial charge in [0, 0.05) is 68.2 Å². The van der Waals surface area contributed by atoms with Crippen molar-refractivity contribution in [2.45, 2.75) is 0 Å². The summed E-state index contributed by atoms with van der Waals surface area (Å²) < 4.78 is 14.2. The maximum Gasteiger partial charge on any atom is 0.262 e. The highest BCUT2D eigenvalue weighted by Gasteiger charge is 2.43. The number of para-hydroxylation sites is 5. The Morgan fingerprint density at radius 1 is 0.235 bits per heavy atom. The number of ether oxygens (including phenoxy) is 2. The summed E-state index contributed by atoms with van der Waals surface area (Å²) in [4.78, 5) is 6.99. The van der Waals surface area contributed by atoms with Gasteiger partial charge < -0.3 is 24.2 Å². The van der Waals surface area contributed by atoms with E-state index in [0.29, 0.717) is 0 Å². The molecular weight excluding hydrogens is 830 g/mol. The molecule has 0 saturated carbocycles. The molecule has 11 aromatic rings. The first-order valence-corrected chi connectivity index (χ1v) is 23.1. The van der Waals surface area contributed by atoms with E-state index in [1.165, 1.54) is 0 Å². The second-order valence-corrected chi connectivity index (χ2v) is 17.2. The fraction of sp³-hybridized carbons (Fsp3) is 0. The largest absolute Gasteiger partial charge is 0.458 e. The summed E-state index contributed by atoms with van der Waals surface area (Å²) in [6.45, 7) is -0.181. The van der Waals surface area contributed by atoms with Crippen LogP contribution in [0.5, 0.6) is 23.0 Å². The maximum atomic E-state index is 7.13. The van der Waals surface area contributed by atoms with Crippen LogP contribution in [0.1, 0.15) is 0 Å². The minimum atomic E-state index is -0.181. The lowest BCUT2D eigenvalue weighted by Gasteiger charge is -2.37. The highest BCUT2D eigenvalue weighted by Crippen LogP contribution is 2.47. The van der Waals surface area contributed by atoms with E-state index in [4.69, 9.17) is 9.47 Å². The zero-order valence-electron chi connectivity index (χ0n) is 37.0. The van der Waals surface area contributed by atoms with Gasteiger partial charge in [-0.3, -0.25) is 0 Å². The topological polar surface area (TPSA) is 28.2 Å². The number of hydrogen-bond donors (Lipinski definition) is 0. The highest BCUT2D eigenvalue weighted by molar-refractivity contribution is 7.01. The van der Waals surface area contributed by atoms with Gasteiger partial charge in [0.2, 0.25) is 0 Å². The van der Waals surface area contributed by atoms with Crippen molar-refractivity contribution in [2.24, 2.45) is 0 Å². The van der Waals surface area contributed by atoms with Crippen LogP contribution in [0.15, 0.2) is 255 Å². The van der Waals surface area contributed by atoms with Crippen LogP contribution < -0.4 is 40.6 Å². The Bertz CT molecular complexity index is 3550. The molecule has 0 atom stereocenters. The lowest BCUT2D eigenvalue weighted by Crippen LogP contribution is -2.58. The summed E-state index contributed by atoms with van der Waals surface area (Å²) in [5, 5.41) is 4.51. The molecule has 2 heterocycles. The Balaban J connectivity index is 1.01. The van der Waals surface area contributed by atoms with E-state index >= 15 is 0 Å². The van der Waals surface area contributed by atoms with Gasteiger partial charge in [-0.05, 0) is 119 Å². The summed E-state index contributed by atoms with van der Waals surface area (Å²) in [7, 11) is 0. The highest BCUT2D eigenvalue weighted by atomic mass is 16.5. The van der Waals surface area contributed by atoms with E-state index in [2.05, 4.69) is 263 Å². The fourth-order valence-electron chi connectivity index (χ4n) is 10.4. The van der Waals surface area contributed by atoms with Crippen LogP contribution >= 0.6 is 0 Å². The molecule has 0 aromatic heterocycles. The maximum absolute atomic E-state index is 7.13. The third-order valence-electron chi connectivity index (χ3n) is 13.3. The van der Waals surface area contributed by atoms with Gasteiger partial charge in [-0.1, -0.05) is 146 Å². The Labute approximate surface area is 396 Å². The molecule has 68 heavy (non-hydrogen) atoms. The molecule has 0 aliphatic carbocycles.